The van der Waals surface area contributed by atoms with Crippen LogP contribution in [0, 0.1) is 5.82 Å². The summed E-state index contributed by atoms with van der Waals surface area (Å²) in [5.41, 5.74) is 6.26. The van der Waals surface area contributed by atoms with E-state index < -0.39 is 0 Å². The molecule has 2 aromatic carbocycles. The topological polar surface area (TPSA) is 94.0 Å². The van der Waals surface area contributed by atoms with E-state index in [1.165, 1.54) is 29.7 Å². The normalized spacial score (nSPS) is 16.4. The molecule has 7 nitrogen and oxygen atoms in total. The van der Waals surface area contributed by atoms with E-state index in [-0.39, 0.29) is 23.7 Å². The van der Waals surface area contributed by atoms with Gasteiger partial charge in [0, 0.05) is 30.1 Å². The molecule has 9 heteroatoms. The van der Waals surface area contributed by atoms with Crippen LogP contribution >= 0.6 is 11.3 Å². The summed E-state index contributed by atoms with van der Waals surface area (Å²) in [6, 6.07) is 13.4. The van der Waals surface area contributed by atoms with Crippen LogP contribution in [-0.4, -0.2) is 47.2 Å². The minimum absolute atomic E-state index is 0.222. The van der Waals surface area contributed by atoms with Gasteiger partial charge in [-0.3, -0.25) is 14.5 Å². The van der Waals surface area contributed by atoms with Gasteiger partial charge in [-0.05, 0) is 79.5 Å². The number of carbonyl (C=O) groups excluding carboxylic acids is 2. The Bertz CT molecular complexity index is 1330. The number of nitrogens with one attached hydrogen (secondary N) is 2. The number of aliphatic hydroxyl groups excluding tert-OH is 1. The zero-order valence-corrected chi connectivity index (χ0v) is 21.9. The van der Waals surface area contributed by atoms with Gasteiger partial charge in [0.25, 0.3) is 11.8 Å². The third-order valence-corrected chi connectivity index (χ3v) is 8.23. The van der Waals surface area contributed by atoms with Gasteiger partial charge < -0.3 is 10.4 Å². The van der Waals surface area contributed by atoms with Gasteiger partial charge >= 0.3 is 0 Å². The van der Waals surface area contributed by atoms with Gasteiger partial charge in [-0.1, -0.05) is 24.3 Å². The van der Waals surface area contributed by atoms with E-state index in [1.807, 2.05) is 18.2 Å². The van der Waals surface area contributed by atoms with E-state index in [9.17, 15) is 19.1 Å². The van der Waals surface area contributed by atoms with Crippen molar-refractivity contribution in [1.29, 1.82) is 0 Å². The van der Waals surface area contributed by atoms with Crippen LogP contribution in [0.5, 0.6) is 0 Å². The maximum atomic E-state index is 13.3. The quantitative estimate of drug-likeness (QED) is 0.302. The van der Waals surface area contributed by atoms with Crippen molar-refractivity contribution in [3.8, 4) is 0 Å². The zero-order chi connectivity index (χ0) is 26.5. The average Bonchev–Trinajstić information content (AvgIpc) is 3.29. The number of aliphatic hydroxyl groups is 1. The molecule has 3 N–H and O–H groups in total. The van der Waals surface area contributed by atoms with E-state index in [0.29, 0.717) is 21.7 Å². The molecule has 0 radical (unpaired) electrons. The molecule has 0 unspecified atom stereocenters. The minimum atomic E-state index is -0.376. The summed E-state index contributed by atoms with van der Waals surface area (Å²) >= 11 is 1.46. The fourth-order valence-electron chi connectivity index (χ4n) is 4.99. The van der Waals surface area contributed by atoms with Gasteiger partial charge in [0.15, 0.2) is 0 Å². The third kappa shape index (κ3) is 6.35. The second-order valence-corrected chi connectivity index (χ2v) is 10.9. The Hall–Kier alpha value is -3.40. The molecule has 2 amide bonds. The number of nitrogens with zero attached hydrogens (tertiary/aromatic N) is 2. The first-order valence-corrected chi connectivity index (χ1v) is 13.8. The van der Waals surface area contributed by atoms with Crippen LogP contribution in [0.4, 0.5) is 9.39 Å². The highest BCUT2D eigenvalue weighted by Crippen LogP contribution is 2.38. The Morgan fingerprint density at radius 1 is 1.08 bits per heavy atom. The highest BCUT2D eigenvalue weighted by molar-refractivity contribution is 7.17. The monoisotopic (exact) mass is 534 g/mol. The number of carbonyl (C=O) groups is 2. The lowest BCUT2D eigenvalue weighted by atomic mass is 9.95. The van der Waals surface area contributed by atoms with Crippen LogP contribution in [0.3, 0.4) is 0 Å². The molecule has 38 heavy (non-hydrogen) atoms. The number of fused-ring (bicyclic) bond motifs is 1. The van der Waals surface area contributed by atoms with Crippen LogP contribution in [-0.2, 0) is 19.4 Å². The predicted molar refractivity (Wildman–Crippen MR) is 147 cm³/mol. The van der Waals surface area contributed by atoms with E-state index in [2.05, 4.69) is 20.7 Å². The Morgan fingerprint density at radius 3 is 2.63 bits per heavy atom. The molecule has 1 saturated heterocycles. The molecule has 0 saturated carbocycles. The molecule has 0 atom stereocenters. The number of aryl methyl sites for hydroxylation is 1. The number of hydrazone groups is 1. The van der Waals surface area contributed by atoms with Crippen molar-refractivity contribution in [2.45, 2.75) is 51.2 Å². The molecule has 0 bridgehead atoms. The molecule has 1 aromatic heterocycles. The van der Waals surface area contributed by atoms with Crippen LogP contribution in [0.1, 0.15) is 68.0 Å². The third-order valence-electron chi connectivity index (χ3n) is 7.03. The Labute approximate surface area is 225 Å². The number of amides is 2. The van der Waals surface area contributed by atoms with Gasteiger partial charge in [0.2, 0.25) is 0 Å². The number of thiophene rings is 1. The van der Waals surface area contributed by atoms with E-state index in [0.717, 1.165) is 74.2 Å². The highest BCUT2D eigenvalue weighted by Gasteiger charge is 2.27. The second kappa shape index (κ2) is 12.0. The van der Waals surface area contributed by atoms with Crippen LogP contribution in [0.25, 0.3) is 0 Å². The summed E-state index contributed by atoms with van der Waals surface area (Å²) in [7, 11) is 0. The fourth-order valence-corrected chi connectivity index (χ4v) is 6.27. The summed E-state index contributed by atoms with van der Waals surface area (Å²) in [6.07, 6.45) is 6.49. The number of rotatable bonds is 7. The van der Waals surface area contributed by atoms with Crippen LogP contribution < -0.4 is 10.7 Å². The summed E-state index contributed by atoms with van der Waals surface area (Å²) in [5, 5.41) is 17.3. The molecule has 2 heterocycles. The average molecular weight is 535 g/mol. The molecular formula is C29H31FN4O3S. The van der Waals surface area contributed by atoms with Crippen molar-refractivity contribution in [2.24, 2.45) is 5.10 Å². The van der Waals surface area contributed by atoms with E-state index in [4.69, 9.17) is 0 Å². The fraction of sp³-hybridized carbons (Fsp3) is 0.345. The molecule has 2 aliphatic rings. The summed E-state index contributed by atoms with van der Waals surface area (Å²) < 4.78 is 13.1. The molecule has 5 rings (SSSR count). The number of halogens is 1. The molecule has 0 spiro atoms. The maximum Gasteiger partial charge on any atom is 0.274 e. The van der Waals surface area contributed by atoms with Crippen LogP contribution in [0.2, 0.25) is 0 Å². The smallest absolute Gasteiger partial charge is 0.274 e. The first kappa shape index (κ1) is 26.2. The Morgan fingerprint density at radius 2 is 1.84 bits per heavy atom. The number of likely N-dealkylation sites (tertiary alicyclic amines) is 1. The standard InChI is InChI=1S/C29H31FN4O3S/c30-22-10-8-19(9-11-22)17-31-33-28(37)26-24-6-1-2-7-25(24)38-29(26)32-27(36)21-5-3-4-20(16-21)18-34-14-12-23(35)13-15-34/h3-5,8-11,16-17,23,35H,1-2,6-7,12-15,18H2,(H,32,36)(H,33,37)/b31-17+. The zero-order valence-electron chi connectivity index (χ0n) is 21.1. The first-order chi connectivity index (χ1) is 18.5. The Kier molecular flexibility index (Phi) is 8.26. The largest absolute Gasteiger partial charge is 0.393 e. The minimum Gasteiger partial charge on any atom is -0.393 e. The summed E-state index contributed by atoms with van der Waals surface area (Å²) in [4.78, 5) is 29.9. The lowest BCUT2D eigenvalue weighted by Crippen LogP contribution is -2.35. The number of hydrogen-bond donors (Lipinski definition) is 3. The van der Waals surface area contributed by atoms with Gasteiger partial charge in [0.05, 0.1) is 17.9 Å². The SMILES string of the molecule is O=C(Nc1sc2c(c1C(=O)N/N=C/c1ccc(F)cc1)CCCC2)c1cccc(CN2CCC(O)CC2)c1. The molecule has 1 aliphatic carbocycles. The predicted octanol–water partition coefficient (Wildman–Crippen LogP) is 4.74. The van der Waals surface area contributed by atoms with E-state index >= 15 is 0 Å². The van der Waals surface area contributed by atoms with Gasteiger partial charge in [-0.25, -0.2) is 9.82 Å². The van der Waals surface area contributed by atoms with Crippen LogP contribution in [0.15, 0.2) is 53.6 Å². The lowest BCUT2D eigenvalue weighted by molar-refractivity contribution is 0.0792. The lowest BCUT2D eigenvalue weighted by Gasteiger charge is -2.29. The molecule has 198 valence electrons. The van der Waals surface area contributed by atoms with Gasteiger partial charge in [-0.2, -0.15) is 5.10 Å². The summed E-state index contributed by atoms with van der Waals surface area (Å²) in [5.74, 6) is -0.976. The number of hydrogen-bond acceptors (Lipinski definition) is 6. The highest BCUT2D eigenvalue weighted by atomic mass is 32.1. The van der Waals surface area contributed by atoms with E-state index in [1.54, 1.807) is 18.2 Å². The van der Waals surface area contributed by atoms with Crippen molar-refractivity contribution >= 4 is 34.4 Å². The van der Waals surface area contributed by atoms with Gasteiger partial charge in [-0.15, -0.1) is 11.3 Å². The Balaban J connectivity index is 1.31. The number of piperidine rings is 1. The maximum absolute atomic E-state index is 13.3. The van der Waals surface area contributed by atoms with Crippen molar-refractivity contribution in [2.75, 3.05) is 18.4 Å². The van der Waals surface area contributed by atoms with Crippen molar-refractivity contribution in [3.05, 3.63) is 87.0 Å². The molecular weight excluding hydrogens is 503 g/mol. The van der Waals surface area contributed by atoms with Crippen molar-refractivity contribution < 1.29 is 19.1 Å². The first-order valence-electron chi connectivity index (χ1n) is 13.0. The summed E-state index contributed by atoms with van der Waals surface area (Å²) in [6.45, 7) is 2.39. The molecule has 1 fully saturated rings. The van der Waals surface area contributed by atoms with Crippen molar-refractivity contribution in [3.63, 3.8) is 0 Å². The molecule has 3 aromatic rings. The number of benzene rings is 2. The molecule has 1 aliphatic heterocycles. The van der Waals surface area contributed by atoms with Crippen molar-refractivity contribution in [1.82, 2.24) is 10.3 Å². The number of anilines is 1. The van der Waals surface area contributed by atoms with Gasteiger partial charge in [0.1, 0.15) is 10.8 Å². The second-order valence-electron chi connectivity index (χ2n) is 9.83.